The number of nitrogens with two attached hydrogens (primary N) is 1. The number of carbonyl (C=O) groups excluding carboxylic acids is 1. The number of nitrogens with zero attached hydrogens (tertiary/aromatic N) is 5. The first-order valence-electron chi connectivity index (χ1n) is 13.6. The van der Waals surface area contributed by atoms with Crippen molar-refractivity contribution in [3.8, 4) is 6.07 Å². The molecule has 0 unspecified atom stereocenters. The number of hydrogen-bond acceptors (Lipinski definition) is 9. The summed E-state index contributed by atoms with van der Waals surface area (Å²) < 4.78 is 11.6. The first-order valence-corrected chi connectivity index (χ1v) is 13.6. The quantitative estimate of drug-likeness (QED) is 0.456. The minimum Gasteiger partial charge on any atom is -0.512 e. The van der Waals surface area contributed by atoms with Crippen LogP contribution >= 0.6 is 0 Å². The number of hydrogen-bond donors (Lipinski definition) is 2. The van der Waals surface area contributed by atoms with Gasteiger partial charge in [-0.25, -0.2) is 4.98 Å². The lowest BCUT2D eigenvalue weighted by Gasteiger charge is -2.39. The van der Waals surface area contributed by atoms with Crippen molar-refractivity contribution in [3.05, 3.63) is 95.0 Å². The van der Waals surface area contributed by atoms with Crippen LogP contribution in [0.4, 0.5) is 5.82 Å². The molecule has 1 aromatic heterocycles. The van der Waals surface area contributed by atoms with Crippen LogP contribution in [0.2, 0.25) is 0 Å². The van der Waals surface area contributed by atoms with E-state index in [4.69, 9.17) is 20.5 Å². The zero-order chi connectivity index (χ0) is 28.3. The molecule has 0 bridgehead atoms. The van der Waals surface area contributed by atoms with Gasteiger partial charge in [0.1, 0.15) is 25.3 Å². The highest BCUT2D eigenvalue weighted by molar-refractivity contribution is 6.05. The summed E-state index contributed by atoms with van der Waals surface area (Å²) in [5, 5.41) is 18.9. The van der Waals surface area contributed by atoms with Gasteiger partial charge in [0.2, 0.25) is 0 Å². The molecule has 0 aliphatic carbocycles. The fourth-order valence-electron chi connectivity index (χ4n) is 4.87. The predicted octanol–water partition coefficient (Wildman–Crippen LogP) is 3.52. The van der Waals surface area contributed by atoms with Gasteiger partial charge in [-0.2, -0.15) is 5.26 Å². The Balaban J connectivity index is 1.47. The van der Waals surface area contributed by atoms with E-state index in [9.17, 15) is 9.90 Å². The number of amides is 1. The molecule has 2 saturated heterocycles. The third-order valence-corrected chi connectivity index (χ3v) is 6.93. The molecule has 210 valence electrons. The standard InChI is InChI=1S/C30H36N6O4/c1-2-5-25(21-32)28(29-26(22-37)39-18-19-40-29)35-15-12-34(13-16-35)14-17-36(27-6-3-4-11-33-27)30(38)24-9-7-23(20-31)8-10-24/h3-4,6-11,21-22,37H,2,5,12-19,32H2,1H3/b25-21-,26-22-,29-28-. The van der Waals surface area contributed by atoms with E-state index < -0.39 is 0 Å². The van der Waals surface area contributed by atoms with E-state index in [-0.39, 0.29) is 5.91 Å². The summed E-state index contributed by atoms with van der Waals surface area (Å²) in [7, 11) is 0. The Morgan fingerprint density at radius 1 is 1.15 bits per heavy atom. The van der Waals surface area contributed by atoms with Gasteiger partial charge in [0.25, 0.3) is 5.91 Å². The maximum Gasteiger partial charge on any atom is 0.259 e. The maximum atomic E-state index is 13.5. The Kier molecular flexibility index (Phi) is 10.0. The van der Waals surface area contributed by atoms with Crippen LogP contribution in [0.3, 0.4) is 0 Å². The fourth-order valence-corrected chi connectivity index (χ4v) is 4.87. The second kappa shape index (κ2) is 14.1. The van der Waals surface area contributed by atoms with Gasteiger partial charge >= 0.3 is 0 Å². The van der Waals surface area contributed by atoms with Crippen molar-refractivity contribution in [2.24, 2.45) is 5.73 Å². The van der Waals surface area contributed by atoms with E-state index in [1.165, 1.54) is 0 Å². The Hall–Kier alpha value is -4.49. The highest BCUT2D eigenvalue weighted by atomic mass is 16.6. The molecule has 3 N–H and O–H groups in total. The summed E-state index contributed by atoms with van der Waals surface area (Å²) in [6.45, 7) is 6.95. The molecule has 2 aliphatic heterocycles. The van der Waals surface area contributed by atoms with Crippen molar-refractivity contribution < 1.29 is 19.4 Å². The molecular weight excluding hydrogens is 508 g/mol. The first kappa shape index (κ1) is 28.5. The molecule has 10 heteroatoms. The molecule has 3 heterocycles. The molecule has 40 heavy (non-hydrogen) atoms. The van der Waals surface area contributed by atoms with E-state index in [2.05, 4.69) is 27.8 Å². The molecule has 0 saturated carbocycles. The Morgan fingerprint density at radius 2 is 1.90 bits per heavy atom. The number of aliphatic hydroxyl groups is 1. The topological polar surface area (TPSA) is 128 Å². The average Bonchev–Trinajstić information content (AvgIpc) is 3.02. The fraction of sp³-hybridized carbons (Fsp3) is 0.367. The van der Waals surface area contributed by atoms with E-state index >= 15 is 0 Å². The lowest BCUT2D eigenvalue weighted by atomic mass is 10.0. The smallest absolute Gasteiger partial charge is 0.259 e. The van der Waals surface area contributed by atoms with Gasteiger partial charge < -0.3 is 25.2 Å². The first-order chi connectivity index (χ1) is 19.6. The summed E-state index contributed by atoms with van der Waals surface area (Å²) in [5.41, 5.74) is 8.86. The number of aromatic nitrogens is 1. The monoisotopic (exact) mass is 544 g/mol. The van der Waals surface area contributed by atoms with Crippen LogP contribution in [0, 0.1) is 11.3 Å². The lowest BCUT2D eigenvalue weighted by molar-refractivity contribution is 0.0471. The number of carbonyl (C=O) groups is 1. The largest absolute Gasteiger partial charge is 0.512 e. The number of anilines is 1. The van der Waals surface area contributed by atoms with Gasteiger partial charge in [0.05, 0.1) is 17.3 Å². The molecule has 2 aliphatic rings. The Labute approximate surface area is 235 Å². The van der Waals surface area contributed by atoms with Crippen molar-refractivity contribution in [2.75, 3.05) is 57.4 Å². The highest BCUT2D eigenvalue weighted by Gasteiger charge is 2.29. The molecule has 0 atom stereocenters. The molecule has 1 aromatic carbocycles. The second-order valence-corrected chi connectivity index (χ2v) is 9.47. The van der Waals surface area contributed by atoms with Crippen molar-refractivity contribution in [1.82, 2.24) is 14.8 Å². The Bertz CT molecular complexity index is 1280. The van der Waals surface area contributed by atoms with E-state index in [1.54, 1.807) is 41.6 Å². The molecule has 4 rings (SSSR count). The van der Waals surface area contributed by atoms with Gasteiger partial charge in [0, 0.05) is 51.0 Å². The van der Waals surface area contributed by atoms with Gasteiger partial charge in [-0.15, -0.1) is 0 Å². The third kappa shape index (κ3) is 6.74. The average molecular weight is 545 g/mol. The van der Waals surface area contributed by atoms with Crippen LogP contribution in [-0.4, -0.2) is 78.3 Å². The van der Waals surface area contributed by atoms with Gasteiger partial charge in [-0.05, 0) is 54.6 Å². The van der Waals surface area contributed by atoms with Crippen molar-refractivity contribution in [1.29, 1.82) is 5.26 Å². The number of pyridine rings is 1. The second-order valence-electron chi connectivity index (χ2n) is 9.47. The minimum absolute atomic E-state index is 0.163. The van der Waals surface area contributed by atoms with Crippen LogP contribution in [-0.2, 0) is 9.47 Å². The Morgan fingerprint density at radius 3 is 2.52 bits per heavy atom. The highest BCUT2D eigenvalue weighted by Crippen LogP contribution is 2.31. The third-order valence-electron chi connectivity index (χ3n) is 6.93. The van der Waals surface area contributed by atoms with E-state index in [1.807, 2.05) is 18.2 Å². The zero-order valence-electron chi connectivity index (χ0n) is 22.8. The van der Waals surface area contributed by atoms with Crippen LogP contribution < -0.4 is 10.6 Å². The molecular formula is C30H36N6O4. The number of ether oxygens (including phenoxy) is 2. The van der Waals surface area contributed by atoms with E-state index in [0.717, 1.165) is 56.6 Å². The van der Waals surface area contributed by atoms with Gasteiger partial charge in [-0.3, -0.25) is 14.6 Å². The summed E-state index contributed by atoms with van der Waals surface area (Å²) in [5.74, 6) is 1.25. The van der Waals surface area contributed by atoms with E-state index in [0.29, 0.717) is 54.8 Å². The SMILES string of the molecule is CCCC(=C/N)/C(=C1/OCCO/C1=C\O)N1CCN(CCN(C(=O)c2ccc(C#N)cc2)c2ccccn2)CC1. The number of aliphatic hydroxyl groups excluding tert-OH is 1. The molecule has 2 aromatic rings. The number of benzene rings is 1. The number of nitriles is 1. The van der Waals surface area contributed by atoms with Crippen LogP contribution in [0.5, 0.6) is 0 Å². The minimum atomic E-state index is -0.163. The number of rotatable bonds is 9. The van der Waals surface area contributed by atoms with Crippen molar-refractivity contribution >= 4 is 11.7 Å². The van der Waals surface area contributed by atoms with Gasteiger partial charge in [-0.1, -0.05) is 19.4 Å². The summed E-state index contributed by atoms with van der Waals surface area (Å²) in [6, 6.07) is 14.2. The summed E-state index contributed by atoms with van der Waals surface area (Å²) in [6.07, 6.45) is 5.92. The number of allylic oxidation sites excluding steroid dienone is 1. The van der Waals surface area contributed by atoms with Crippen molar-refractivity contribution in [2.45, 2.75) is 19.8 Å². The summed E-state index contributed by atoms with van der Waals surface area (Å²) >= 11 is 0. The van der Waals surface area contributed by atoms with Crippen molar-refractivity contribution in [3.63, 3.8) is 0 Å². The lowest BCUT2D eigenvalue weighted by Crippen LogP contribution is -2.49. The molecule has 1 amide bonds. The van der Waals surface area contributed by atoms with Crippen LogP contribution in [0.25, 0.3) is 0 Å². The maximum absolute atomic E-state index is 13.5. The zero-order valence-corrected chi connectivity index (χ0v) is 22.8. The number of piperazine rings is 1. The molecule has 2 fully saturated rings. The normalized spacial score (nSPS) is 18.4. The predicted molar refractivity (Wildman–Crippen MR) is 152 cm³/mol. The van der Waals surface area contributed by atoms with Crippen LogP contribution in [0.1, 0.15) is 35.7 Å². The molecule has 0 spiro atoms. The summed E-state index contributed by atoms with van der Waals surface area (Å²) in [4.78, 5) is 24.1. The molecule has 10 nitrogen and oxygen atoms in total. The van der Waals surface area contributed by atoms with Gasteiger partial charge in [0.15, 0.2) is 11.5 Å². The van der Waals surface area contributed by atoms with Crippen LogP contribution in [0.15, 0.2) is 83.9 Å². The molecule has 0 radical (unpaired) electrons.